The van der Waals surface area contributed by atoms with Crippen LogP contribution in [0.15, 0.2) is 57.4 Å². The molecular weight excluding hydrogens is 518 g/mol. The molecule has 3 aromatic carbocycles. The van der Waals surface area contributed by atoms with E-state index in [0.29, 0.717) is 34.2 Å². The molecule has 2 N–H and O–H groups in total. The van der Waals surface area contributed by atoms with Crippen LogP contribution in [-0.2, 0) is 0 Å². The van der Waals surface area contributed by atoms with Crippen LogP contribution in [0.3, 0.4) is 0 Å². The number of anilines is 1. The first-order valence-electron chi connectivity index (χ1n) is 10.3. The average Bonchev–Trinajstić information content (AvgIpc) is 3.21. The van der Waals surface area contributed by atoms with E-state index in [2.05, 4.69) is 31.5 Å². The predicted molar refractivity (Wildman–Crippen MR) is 140 cm³/mol. The van der Waals surface area contributed by atoms with Gasteiger partial charge in [-0.15, -0.1) is 0 Å². The van der Waals surface area contributed by atoms with Crippen molar-refractivity contribution in [1.29, 1.82) is 0 Å². The highest BCUT2D eigenvalue weighted by Crippen LogP contribution is 2.32. The molecule has 0 radical (unpaired) electrons. The lowest BCUT2D eigenvalue weighted by Crippen LogP contribution is -2.34. The van der Waals surface area contributed by atoms with Gasteiger partial charge < -0.3 is 19.2 Å². The van der Waals surface area contributed by atoms with Gasteiger partial charge in [-0.1, -0.05) is 15.9 Å². The van der Waals surface area contributed by atoms with Crippen LogP contribution in [0.4, 0.5) is 5.69 Å². The van der Waals surface area contributed by atoms with Crippen LogP contribution in [-0.4, -0.2) is 30.2 Å². The third-order valence-electron chi connectivity index (χ3n) is 5.33. The number of hydrogen-bond acceptors (Lipinski definition) is 6. The number of thiocarbonyl (C=S) groups is 1. The van der Waals surface area contributed by atoms with E-state index < -0.39 is 5.91 Å². The molecule has 0 aliphatic heterocycles. The van der Waals surface area contributed by atoms with Crippen LogP contribution in [0.1, 0.15) is 21.5 Å². The molecule has 4 rings (SSSR count). The van der Waals surface area contributed by atoms with Crippen LogP contribution < -0.4 is 20.1 Å². The van der Waals surface area contributed by atoms with Crippen molar-refractivity contribution in [1.82, 2.24) is 10.3 Å². The summed E-state index contributed by atoms with van der Waals surface area (Å²) in [5, 5.41) is 5.81. The first kappa shape index (κ1) is 23.7. The number of nitrogens with one attached hydrogen (secondary N) is 2. The molecule has 34 heavy (non-hydrogen) atoms. The Balaban J connectivity index is 1.58. The molecule has 0 unspecified atom stereocenters. The number of hydrogen-bond donors (Lipinski definition) is 2. The Hall–Kier alpha value is -3.43. The quantitative estimate of drug-likeness (QED) is 0.300. The number of methoxy groups -OCH3 is 2. The summed E-state index contributed by atoms with van der Waals surface area (Å²) in [7, 11) is 3.06. The maximum atomic E-state index is 12.8. The van der Waals surface area contributed by atoms with Crippen molar-refractivity contribution < 1.29 is 18.7 Å². The van der Waals surface area contributed by atoms with Crippen molar-refractivity contribution in [3.05, 3.63) is 69.7 Å². The number of fused-ring (bicyclic) bond motifs is 1. The minimum Gasteiger partial charge on any atom is -0.496 e. The molecule has 0 bridgehead atoms. The number of aryl methyl sites for hydroxylation is 2. The molecule has 1 amide bonds. The number of carbonyl (C=O) groups is 1. The Bertz CT molecular complexity index is 1380. The van der Waals surface area contributed by atoms with Crippen molar-refractivity contribution in [3.63, 3.8) is 0 Å². The van der Waals surface area contributed by atoms with Crippen molar-refractivity contribution in [2.75, 3.05) is 19.5 Å². The van der Waals surface area contributed by atoms with Gasteiger partial charge in [0, 0.05) is 10.0 Å². The Labute approximate surface area is 210 Å². The predicted octanol–water partition coefficient (Wildman–Crippen LogP) is 6.02. The second-order valence-corrected chi connectivity index (χ2v) is 8.92. The van der Waals surface area contributed by atoms with E-state index in [1.165, 1.54) is 7.11 Å². The highest BCUT2D eigenvalue weighted by Gasteiger charge is 2.17. The van der Waals surface area contributed by atoms with Crippen molar-refractivity contribution in [3.8, 4) is 23.0 Å². The fourth-order valence-corrected chi connectivity index (χ4v) is 3.99. The minimum absolute atomic E-state index is 0.103. The summed E-state index contributed by atoms with van der Waals surface area (Å²) in [6.07, 6.45) is 0. The van der Waals surface area contributed by atoms with Gasteiger partial charge in [-0.25, -0.2) is 4.98 Å². The molecular formula is C25H22BrN3O4S. The third-order valence-corrected chi connectivity index (χ3v) is 6.03. The second-order valence-electron chi connectivity index (χ2n) is 7.59. The van der Waals surface area contributed by atoms with E-state index in [-0.39, 0.29) is 5.11 Å². The number of ether oxygens (including phenoxy) is 2. The molecule has 0 aliphatic rings. The van der Waals surface area contributed by atoms with E-state index in [0.717, 1.165) is 26.7 Å². The maximum absolute atomic E-state index is 12.8. The summed E-state index contributed by atoms with van der Waals surface area (Å²) in [6, 6.07) is 14.6. The molecule has 1 aromatic heterocycles. The summed E-state index contributed by atoms with van der Waals surface area (Å²) in [5.74, 6) is 1.04. The standard InChI is InChI=1S/C25H22BrN3O4S/c1-13-9-18-22(10-14(13)2)33-24(27-18)15-5-7-21(32-4)19(11-15)28-25(34)29-23(30)17-12-16(26)6-8-20(17)31-3/h5-12H,1-4H3,(H2,28,29,30,34). The smallest absolute Gasteiger partial charge is 0.261 e. The first-order chi connectivity index (χ1) is 16.3. The van der Waals surface area contributed by atoms with Gasteiger partial charge in [0.2, 0.25) is 5.89 Å². The van der Waals surface area contributed by atoms with Crippen LogP contribution >= 0.6 is 28.1 Å². The summed E-state index contributed by atoms with van der Waals surface area (Å²) in [6.45, 7) is 4.07. The third kappa shape index (κ3) is 4.90. The fourth-order valence-electron chi connectivity index (χ4n) is 3.42. The number of benzene rings is 3. The van der Waals surface area contributed by atoms with Gasteiger partial charge in [-0.05, 0) is 85.7 Å². The van der Waals surface area contributed by atoms with Crippen LogP contribution in [0, 0.1) is 13.8 Å². The summed E-state index contributed by atoms with van der Waals surface area (Å²) < 4.78 is 17.5. The van der Waals surface area contributed by atoms with Gasteiger partial charge in [0.05, 0.1) is 25.5 Å². The molecule has 0 spiro atoms. The topological polar surface area (TPSA) is 85.6 Å². The molecule has 0 aliphatic carbocycles. The molecule has 1 heterocycles. The van der Waals surface area contributed by atoms with Gasteiger partial charge in [0.15, 0.2) is 10.7 Å². The van der Waals surface area contributed by atoms with E-state index in [9.17, 15) is 4.79 Å². The number of halogens is 1. The molecule has 9 heteroatoms. The number of carbonyl (C=O) groups excluding carboxylic acids is 1. The zero-order valence-electron chi connectivity index (χ0n) is 19.0. The summed E-state index contributed by atoms with van der Waals surface area (Å²) in [4.78, 5) is 17.4. The lowest BCUT2D eigenvalue weighted by Gasteiger charge is -2.14. The van der Waals surface area contributed by atoms with E-state index >= 15 is 0 Å². The van der Waals surface area contributed by atoms with Crippen LogP contribution in [0.5, 0.6) is 11.5 Å². The Morgan fingerprint density at radius 2 is 1.71 bits per heavy atom. The largest absolute Gasteiger partial charge is 0.496 e. The molecule has 0 saturated heterocycles. The minimum atomic E-state index is -0.407. The molecule has 4 aromatic rings. The second kappa shape index (κ2) is 9.82. The zero-order valence-corrected chi connectivity index (χ0v) is 21.4. The fraction of sp³-hybridized carbons (Fsp3) is 0.160. The highest BCUT2D eigenvalue weighted by molar-refractivity contribution is 9.10. The lowest BCUT2D eigenvalue weighted by atomic mass is 10.1. The Kier molecular flexibility index (Phi) is 6.85. The SMILES string of the molecule is COc1ccc(-c2nc3cc(C)c(C)cc3o2)cc1NC(=S)NC(=O)c1cc(Br)ccc1OC. The van der Waals surface area contributed by atoms with Crippen molar-refractivity contribution in [2.24, 2.45) is 0 Å². The average molecular weight is 540 g/mol. The number of rotatable bonds is 5. The van der Waals surface area contributed by atoms with Crippen LogP contribution in [0.25, 0.3) is 22.6 Å². The van der Waals surface area contributed by atoms with E-state index in [1.54, 1.807) is 37.4 Å². The van der Waals surface area contributed by atoms with Gasteiger partial charge in [0.25, 0.3) is 5.91 Å². The normalized spacial score (nSPS) is 10.7. The van der Waals surface area contributed by atoms with Crippen molar-refractivity contribution in [2.45, 2.75) is 13.8 Å². The van der Waals surface area contributed by atoms with Gasteiger partial charge in [0.1, 0.15) is 17.0 Å². The van der Waals surface area contributed by atoms with Crippen molar-refractivity contribution >= 4 is 56.0 Å². The lowest BCUT2D eigenvalue weighted by molar-refractivity contribution is 0.0974. The van der Waals surface area contributed by atoms with E-state index in [4.69, 9.17) is 26.1 Å². The molecule has 7 nitrogen and oxygen atoms in total. The Morgan fingerprint density at radius 1 is 1.00 bits per heavy atom. The monoisotopic (exact) mass is 539 g/mol. The maximum Gasteiger partial charge on any atom is 0.261 e. The van der Waals surface area contributed by atoms with Gasteiger partial charge >= 0.3 is 0 Å². The highest BCUT2D eigenvalue weighted by atomic mass is 79.9. The molecule has 174 valence electrons. The van der Waals surface area contributed by atoms with Crippen LogP contribution in [0.2, 0.25) is 0 Å². The number of amides is 1. The van der Waals surface area contributed by atoms with Gasteiger partial charge in [-0.2, -0.15) is 0 Å². The zero-order chi connectivity index (χ0) is 24.4. The number of oxazole rings is 1. The molecule has 0 fully saturated rings. The molecule has 0 saturated carbocycles. The molecule has 0 atom stereocenters. The van der Waals surface area contributed by atoms with E-state index in [1.807, 2.05) is 32.0 Å². The summed E-state index contributed by atoms with van der Waals surface area (Å²) in [5.41, 5.74) is 5.42. The van der Waals surface area contributed by atoms with Gasteiger partial charge in [-0.3, -0.25) is 10.1 Å². The number of aromatic nitrogens is 1. The number of nitrogens with zero attached hydrogens (tertiary/aromatic N) is 1. The Morgan fingerprint density at radius 3 is 2.44 bits per heavy atom. The summed E-state index contributed by atoms with van der Waals surface area (Å²) >= 11 is 8.75. The first-order valence-corrected chi connectivity index (χ1v) is 11.5.